The van der Waals surface area contributed by atoms with Gasteiger partial charge in [0, 0.05) is 26.1 Å². The number of benzene rings is 2. The molecule has 2 heterocycles. The number of piperidine rings is 1. The maximum absolute atomic E-state index is 13.0. The Morgan fingerprint density at radius 3 is 2.18 bits per heavy atom. The second-order valence-electron chi connectivity index (χ2n) is 7.63. The van der Waals surface area contributed by atoms with Gasteiger partial charge in [-0.15, -0.1) is 13.2 Å². The fraction of sp³-hybridized carbons (Fsp3) is 0.333. The first-order valence-electron chi connectivity index (χ1n) is 10.1. The van der Waals surface area contributed by atoms with Gasteiger partial charge in [-0.3, -0.25) is 0 Å². The van der Waals surface area contributed by atoms with Crippen molar-refractivity contribution in [1.82, 2.24) is 18.7 Å². The molecule has 1 aliphatic heterocycles. The normalized spacial score (nSPS) is 16.1. The average Bonchev–Trinajstić information content (AvgIpc) is 3.08. The maximum Gasteiger partial charge on any atom is 0.573 e. The van der Waals surface area contributed by atoms with Crippen LogP contribution in [0.25, 0.3) is 5.69 Å². The topological polar surface area (TPSA) is 86.4 Å². The molecule has 0 unspecified atom stereocenters. The van der Waals surface area contributed by atoms with Gasteiger partial charge in [0.2, 0.25) is 10.0 Å². The van der Waals surface area contributed by atoms with Gasteiger partial charge in [0.1, 0.15) is 11.6 Å². The summed E-state index contributed by atoms with van der Waals surface area (Å²) in [5.74, 6) is -0.0540. The lowest BCUT2D eigenvalue weighted by atomic mass is 9.97. The van der Waals surface area contributed by atoms with Gasteiger partial charge in [-0.05, 0) is 49.2 Å². The summed E-state index contributed by atoms with van der Waals surface area (Å²) >= 11 is 0. The van der Waals surface area contributed by atoms with Crippen LogP contribution in [0.5, 0.6) is 5.75 Å². The van der Waals surface area contributed by atoms with Crippen LogP contribution in [-0.4, -0.2) is 46.5 Å². The number of nitrogens with zero attached hydrogens (tertiary/aromatic N) is 4. The first kappa shape index (κ1) is 23.1. The molecule has 1 fully saturated rings. The van der Waals surface area contributed by atoms with Crippen LogP contribution < -0.4 is 10.4 Å². The highest BCUT2D eigenvalue weighted by molar-refractivity contribution is 7.89. The van der Waals surface area contributed by atoms with Crippen LogP contribution in [-0.2, 0) is 17.1 Å². The molecular formula is C21H21F3N4O4S. The second kappa shape index (κ2) is 8.67. The van der Waals surface area contributed by atoms with Crippen molar-refractivity contribution in [2.75, 3.05) is 13.1 Å². The van der Waals surface area contributed by atoms with Gasteiger partial charge in [-0.1, -0.05) is 18.2 Å². The molecule has 4 rings (SSSR count). The zero-order chi connectivity index (χ0) is 23.8. The van der Waals surface area contributed by atoms with Crippen molar-refractivity contribution in [3.05, 3.63) is 70.9 Å². The van der Waals surface area contributed by atoms with Gasteiger partial charge in [0.05, 0.1) is 10.6 Å². The van der Waals surface area contributed by atoms with E-state index in [0.717, 1.165) is 24.3 Å². The van der Waals surface area contributed by atoms with Gasteiger partial charge < -0.3 is 4.74 Å². The molecule has 0 spiro atoms. The Balaban J connectivity index is 1.51. The number of hydrogen-bond donors (Lipinski definition) is 0. The van der Waals surface area contributed by atoms with Crippen LogP contribution in [0, 0.1) is 0 Å². The second-order valence-corrected chi connectivity index (χ2v) is 9.57. The summed E-state index contributed by atoms with van der Waals surface area (Å²) in [5.41, 5.74) is 0.397. The lowest BCUT2D eigenvalue weighted by Gasteiger charge is -2.30. The number of halogens is 3. The van der Waals surface area contributed by atoms with E-state index in [2.05, 4.69) is 9.84 Å². The van der Waals surface area contributed by atoms with Crippen molar-refractivity contribution in [2.45, 2.75) is 30.0 Å². The number of ether oxygens (including phenoxy) is 1. The Bertz CT molecular complexity index is 1280. The Kier molecular flexibility index (Phi) is 6.06. The van der Waals surface area contributed by atoms with E-state index in [9.17, 15) is 26.4 Å². The number of aryl methyl sites for hydroxylation is 1. The minimum absolute atomic E-state index is 0.116. The highest BCUT2D eigenvalue weighted by atomic mass is 32.2. The van der Waals surface area contributed by atoms with Gasteiger partial charge in [-0.2, -0.15) is 9.40 Å². The maximum atomic E-state index is 13.0. The van der Waals surface area contributed by atoms with E-state index in [0.29, 0.717) is 24.4 Å². The van der Waals surface area contributed by atoms with E-state index in [-0.39, 0.29) is 29.6 Å². The third-order valence-electron chi connectivity index (χ3n) is 5.48. The van der Waals surface area contributed by atoms with Crippen molar-refractivity contribution in [3.63, 3.8) is 0 Å². The number of rotatable bonds is 5. The van der Waals surface area contributed by atoms with Gasteiger partial charge in [0.25, 0.3) is 0 Å². The Morgan fingerprint density at radius 1 is 1.00 bits per heavy atom. The van der Waals surface area contributed by atoms with Crippen LogP contribution in [0.3, 0.4) is 0 Å². The minimum atomic E-state index is -4.85. The van der Waals surface area contributed by atoms with E-state index in [1.54, 1.807) is 19.2 Å². The lowest BCUT2D eigenvalue weighted by Crippen LogP contribution is -2.38. The molecular weight excluding hydrogens is 461 g/mol. The number of alkyl halides is 3. The van der Waals surface area contributed by atoms with E-state index >= 15 is 0 Å². The zero-order valence-electron chi connectivity index (χ0n) is 17.6. The average molecular weight is 482 g/mol. The van der Waals surface area contributed by atoms with Gasteiger partial charge in [-0.25, -0.2) is 22.5 Å². The van der Waals surface area contributed by atoms with Crippen molar-refractivity contribution in [3.8, 4) is 11.4 Å². The highest BCUT2D eigenvalue weighted by Gasteiger charge is 2.34. The molecule has 0 bridgehead atoms. The van der Waals surface area contributed by atoms with Crippen LogP contribution >= 0.6 is 0 Å². The first-order chi connectivity index (χ1) is 15.6. The largest absolute Gasteiger partial charge is 0.573 e. The predicted octanol–water partition coefficient (Wildman–Crippen LogP) is 3.04. The molecule has 176 valence electrons. The summed E-state index contributed by atoms with van der Waals surface area (Å²) in [5, 5.41) is 4.39. The van der Waals surface area contributed by atoms with Gasteiger partial charge in [0.15, 0.2) is 0 Å². The van der Waals surface area contributed by atoms with E-state index in [1.165, 1.54) is 13.6 Å². The predicted molar refractivity (Wildman–Crippen MR) is 113 cm³/mol. The molecule has 12 heteroatoms. The van der Waals surface area contributed by atoms with Crippen molar-refractivity contribution in [1.29, 1.82) is 0 Å². The van der Waals surface area contributed by atoms with E-state index in [1.807, 2.05) is 18.2 Å². The molecule has 0 radical (unpaired) electrons. The summed E-state index contributed by atoms with van der Waals surface area (Å²) in [6, 6.07) is 13.2. The fourth-order valence-corrected chi connectivity index (χ4v) is 5.35. The van der Waals surface area contributed by atoms with E-state index in [4.69, 9.17) is 0 Å². The Morgan fingerprint density at radius 2 is 1.61 bits per heavy atom. The molecule has 0 saturated carbocycles. The first-order valence-corrected chi connectivity index (χ1v) is 11.6. The zero-order valence-corrected chi connectivity index (χ0v) is 18.4. The third-order valence-corrected chi connectivity index (χ3v) is 7.39. The van der Waals surface area contributed by atoms with Crippen LogP contribution in [0.2, 0.25) is 0 Å². The fourth-order valence-electron chi connectivity index (χ4n) is 3.88. The van der Waals surface area contributed by atoms with E-state index < -0.39 is 22.1 Å². The molecule has 0 atom stereocenters. The van der Waals surface area contributed by atoms with Crippen molar-refractivity contribution >= 4 is 10.0 Å². The third kappa shape index (κ3) is 4.81. The smallest absolute Gasteiger partial charge is 0.406 e. The summed E-state index contributed by atoms with van der Waals surface area (Å²) < 4.78 is 70.8. The van der Waals surface area contributed by atoms with Crippen molar-refractivity contribution in [2.24, 2.45) is 7.05 Å². The molecule has 8 nitrogen and oxygen atoms in total. The molecule has 1 aliphatic rings. The van der Waals surface area contributed by atoms with Crippen LogP contribution in [0.15, 0.2) is 64.3 Å². The van der Waals surface area contributed by atoms with Gasteiger partial charge >= 0.3 is 12.1 Å². The molecule has 33 heavy (non-hydrogen) atoms. The SMILES string of the molecule is Cn1nc(C2CCN(S(=O)(=O)c3ccc(OC(F)(F)F)cc3)CC2)n(-c2ccccc2)c1=O. The number of hydrogen-bond acceptors (Lipinski definition) is 5. The summed E-state index contributed by atoms with van der Waals surface area (Å²) in [6.45, 7) is 0.376. The van der Waals surface area contributed by atoms with Crippen LogP contribution in [0.1, 0.15) is 24.6 Å². The molecule has 0 amide bonds. The van der Waals surface area contributed by atoms with Crippen molar-refractivity contribution < 1.29 is 26.3 Å². The molecule has 1 saturated heterocycles. The Hall–Kier alpha value is -3.12. The molecule has 3 aromatic rings. The summed E-state index contributed by atoms with van der Waals surface area (Å²) in [7, 11) is -2.32. The summed E-state index contributed by atoms with van der Waals surface area (Å²) in [4.78, 5) is 12.5. The molecule has 0 N–H and O–H groups in total. The van der Waals surface area contributed by atoms with Crippen LogP contribution in [0.4, 0.5) is 13.2 Å². The number of para-hydroxylation sites is 1. The molecule has 1 aromatic heterocycles. The molecule has 2 aromatic carbocycles. The Labute approximate surface area is 187 Å². The monoisotopic (exact) mass is 482 g/mol. The minimum Gasteiger partial charge on any atom is -0.406 e. The summed E-state index contributed by atoms with van der Waals surface area (Å²) in [6.07, 6.45) is -3.97. The quantitative estimate of drug-likeness (QED) is 0.558. The standard InChI is InChI=1S/C21H21F3N4O4S/c1-26-20(29)28(16-5-3-2-4-6-16)19(25-26)15-11-13-27(14-12-15)33(30,31)18-9-7-17(8-10-18)32-21(22,23)24/h2-10,15H,11-14H2,1H3. The molecule has 0 aliphatic carbocycles. The lowest BCUT2D eigenvalue weighted by molar-refractivity contribution is -0.274. The highest BCUT2D eigenvalue weighted by Crippen LogP contribution is 2.31. The number of sulfonamides is 1. The number of aromatic nitrogens is 3.